The summed E-state index contributed by atoms with van der Waals surface area (Å²) in [5.41, 5.74) is 5.59. The molecule has 0 aromatic carbocycles. The largest absolute Gasteiger partial charge is 0.469 e. The summed E-state index contributed by atoms with van der Waals surface area (Å²) < 4.78 is 10.6. The lowest BCUT2D eigenvalue weighted by molar-refractivity contribution is -0.0812. The van der Waals surface area contributed by atoms with Crippen LogP contribution in [0.25, 0.3) is 0 Å². The highest BCUT2D eigenvalue weighted by Gasteiger charge is 2.21. The predicted molar refractivity (Wildman–Crippen MR) is 60.5 cm³/mol. The normalized spacial score (nSPS) is 15.6. The molecule has 0 spiro atoms. The molecule has 0 amide bonds. The molecule has 6 heteroatoms. The second kappa shape index (κ2) is 4.98. The van der Waals surface area contributed by atoms with Crippen LogP contribution in [-0.4, -0.2) is 35.8 Å². The van der Waals surface area contributed by atoms with Crippen LogP contribution in [0.15, 0.2) is 6.07 Å². The Balaban J connectivity index is 2.02. The fourth-order valence-electron chi connectivity index (χ4n) is 1.30. The number of nitrogens with zero attached hydrogens (tertiary/aromatic N) is 2. The van der Waals surface area contributed by atoms with Crippen molar-refractivity contribution >= 4 is 11.8 Å². The number of nitrogens with two attached hydrogens (primary N) is 1. The van der Waals surface area contributed by atoms with Crippen LogP contribution in [0.5, 0.6) is 5.88 Å². The summed E-state index contributed by atoms with van der Waals surface area (Å²) in [6.07, 6.45) is 1.12. The van der Waals surface area contributed by atoms with Gasteiger partial charge in [-0.15, -0.1) is 0 Å². The zero-order valence-corrected chi connectivity index (χ0v) is 9.27. The second-order valence-electron chi connectivity index (χ2n) is 3.65. The molecular formula is C10H16N4O2. The SMILES string of the molecule is CCCNc1cc(OC2COC2)nc(N)n1. The van der Waals surface area contributed by atoms with Crippen molar-refractivity contribution in [2.75, 3.05) is 30.8 Å². The second-order valence-corrected chi connectivity index (χ2v) is 3.65. The Hall–Kier alpha value is -1.56. The molecule has 0 bridgehead atoms. The van der Waals surface area contributed by atoms with Gasteiger partial charge in [-0.2, -0.15) is 9.97 Å². The molecule has 0 aliphatic carbocycles. The van der Waals surface area contributed by atoms with Gasteiger partial charge in [0.15, 0.2) is 0 Å². The zero-order valence-electron chi connectivity index (χ0n) is 9.27. The van der Waals surface area contributed by atoms with Crippen molar-refractivity contribution in [2.45, 2.75) is 19.4 Å². The third kappa shape index (κ3) is 2.73. The summed E-state index contributed by atoms with van der Waals surface area (Å²) in [7, 11) is 0. The Morgan fingerprint density at radius 2 is 2.38 bits per heavy atom. The first kappa shape index (κ1) is 10.9. The molecule has 0 radical (unpaired) electrons. The molecule has 2 heterocycles. The molecule has 1 saturated heterocycles. The summed E-state index contributed by atoms with van der Waals surface area (Å²) >= 11 is 0. The van der Waals surface area contributed by atoms with Crippen molar-refractivity contribution in [3.05, 3.63) is 6.07 Å². The molecule has 6 nitrogen and oxygen atoms in total. The van der Waals surface area contributed by atoms with E-state index >= 15 is 0 Å². The van der Waals surface area contributed by atoms with Crippen LogP contribution < -0.4 is 15.8 Å². The van der Waals surface area contributed by atoms with E-state index in [0.29, 0.717) is 24.9 Å². The predicted octanol–water partition coefficient (Wildman–Crippen LogP) is 0.658. The lowest BCUT2D eigenvalue weighted by Crippen LogP contribution is -2.38. The van der Waals surface area contributed by atoms with E-state index in [9.17, 15) is 0 Å². The summed E-state index contributed by atoms with van der Waals surface area (Å²) in [5, 5.41) is 3.14. The number of hydrogen-bond donors (Lipinski definition) is 2. The Morgan fingerprint density at radius 1 is 1.56 bits per heavy atom. The standard InChI is InChI=1S/C10H16N4O2/c1-2-3-12-8-4-9(14-10(11)13-8)16-7-5-15-6-7/h4,7H,2-3,5-6H2,1H3,(H3,11,12,13,14). The number of rotatable bonds is 5. The minimum Gasteiger partial charge on any atom is -0.469 e. The Labute approximate surface area is 94.2 Å². The number of hydrogen-bond acceptors (Lipinski definition) is 6. The van der Waals surface area contributed by atoms with E-state index in [4.69, 9.17) is 15.2 Å². The highest BCUT2D eigenvalue weighted by atomic mass is 16.6. The average Bonchev–Trinajstić information content (AvgIpc) is 2.20. The van der Waals surface area contributed by atoms with Gasteiger partial charge in [-0.25, -0.2) is 0 Å². The first-order valence-electron chi connectivity index (χ1n) is 5.40. The summed E-state index contributed by atoms with van der Waals surface area (Å²) in [6.45, 7) is 4.16. The molecule has 1 aliphatic heterocycles. The Bertz CT molecular complexity index is 355. The molecule has 1 fully saturated rings. The maximum atomic E-state index is 5.59. The lowest BCUT2D eigenvalue weighted by atomic mass is 10.3. The van der Waals surface area contributed by atoms with Crippen molar-refractivity contribution in [1.82, 2.24) is 9.97 Å². The van der Waals surface area contributed by atoms with Crippen molar-refractivity contribution in [3.8, 4) is 5.88 Å². The van der Waals surface area contributed by atoms with E-state index < -0.39 is 0 Å². The van der Waals surface area contributed by atoms with Gasteiger partial charge in [0.25, 0.3) is 0 Å². The molecule has 1 aliphatic rings. The van der Waals surface area contributed by atoms with Gasteiger partial charge in [0, 0.05) is 12.6 Å². The topological polar surface area (TPSA) is 82.3 Å². The van der Waals surface area contributed by atoms with E-state index in [1.807, 2.05) is 0 Å². The summed E-state index contributed by atoms with van der Waals surface area (Å²) in [4.78, 5) is 8.08. The Morgan fingerprint density at radius 3 is 3.00 bits per heavy atom. The number of anilines is 2. The van der Waals surface area contributed by atoms with Gasteiger partial charge in [0.05, 0.1) is 13.2 Å². The third-order valence-electron chi connectivity index (χ3n) is 2.17. The Kier molecular flexibility index (Phi) is 3.40. The van der Waals surface area contributed by atoms with Crippen molar-refractivity contribution in [3.63, 3.8) is 0 Å². The monoisotopic (exact) mass is 224 g/mol. The van der Waals surface area contributed by atoms with Gasteiger partial charge in [0.2, 0.25) is 11.8 Å². The quantitative estimate of drug-likeness (QED) is 0.764. The van der Waals surface area contributed by atoms with Crippen molar-refractivity contribution < 1.29 is 9.47 Å². The highest BCUT2D eigenvalue weighted by molar-refractivity contribution is 5.42. The maximum Gasteiger partial charge on any atom is 0.225 e. The minimum atomic E-state index is 0.0910. The summed E-state index contributed by atoms with van der Waals surface area (Å²) in [5.74, 6) is 1.42. The van der Waals surface area contributed by atoms with Crippen LogP contribution >= 0.6 is 0 Å². The number of ether oxygens (including phenoxy) is 2. The molecule has 3 N–H and O–H groups in total. The zero-order chi connectivity index (χ0) is 11.4. The smallest absolute Gasteiger partial charge is 0.225 e. The first-order chi connectivity index (χ1) is 7.78. The number of nitrogen functional groups attached to an aromatic ring is 1. The lowest BCUT2D eigenvalue weighted by Gasteiger charge is -2.26. The van der Waals surface area contributed by atoms with Gasteiger partial charge in [0.1, 0.15) is 11.9 Å². The van der Waals surface area contributed by atoms with E-state index in [1.54, 1.807) is 6.07 Å². The van der Waals surface area contributed by atoms with Crippen LogP contribution in [0.4, 0.5) is 11.8 Å². The number of nitrogens with one attached hydrogen (secondary N) is 1. The maximum absolute atomic E-state index is 5.59. The molecule has 88 valence electrons. The van der Waals surface area contributed by atoms with Crippen molar-refractivity contribution in [1.29, 1.82) is 0 Å². The van der Waals surface area contributed by atoms with Gasteiger partial charge in [-0.3, -0.25) is 0 Å². The molecule has 1 aromatic heterocycles. The molecule has 0 saturated carbocycles. The van der Waals surface area contributed by atoms with Crippen LogP contribution in [0, 0.1) is 0 Å². The van der Waals surface area contributed by atoms with Gasteiger partial charge in [-0.1, -0.05) is 6.92 Å². The van der Waals surface area contributed by atoms with E-state index in [1.165, 1.54) is 0 Å². The fourth-order valence-corrected chi connectivity index (χ4v) is 1.30. The average molecular weight is 224 g/mol. The summed E-state index contributed by atoms with van der Waals surface area (Å²) in [6, 6.07) is 1.75. The molecule has 0 unspecified atom stereocenters. The van der Waals surface area contributed by atoms with Gasteiger partial charge < -0.3 is 20.5 Å². The third-order valence-corrected chi connectivity index (χ3v) is 2.17. The van der Waals surface area contributed by atoms with Crippen LogP contribution in [0.3, 0.4) is 0 Å². The number of aromatic nitrogens is 2. The molecule has 1 aromatic rings. The van der Waals surface area contributed by atoms with E-state index in [-0.39, 0.29) is 12.1 Å². The van der Waals surface area contributed by atoms with Gasteiger partial charge in [-0.05, 0) is 6.42 Å². The van der Waals surface area contributed by atoms with Crippen LogP contribution in [0.2, 0.25) is 0 Å². The van der Waals surface area contributed by atoms with Crippen LogP contribution in [0.1, 0.15) is 13.3 Å². The van der Waals surface area contributed by atoms with E-state index in [0.717, 1.165) is 13.0 Å². The highest BCUT2D eigenvalue weighted by Crippen LogP contribution is 2.18. The van der Waals surface area contributed by atoms with Gasteiger partial charge >= 0.3 is 0 Å². The molecule has 2 rings (SSSR count). The van der Waals surface area contributed by atoms with Crippen molar-refractivity contribution in [2.24, 2.45) is 0 Å². The minimum absolute atomic E-state index is 0.0910. The first-order valence-corrected chi connectivity index (χ1v) is 5.40. The molecular weight excluding hydrogens is 208 g/mol. The van der Waals surface area contributed by atoms with Crippen LogP contribution in [-0.2, 0) is 4.74 Å². The fraction of sp³-hybridized carbons (Fsp3) is 0.600. The van der Waals surface area contributed by atoms with E-state index in [2.05, 4.69) is 22.2 Å². The molecule has 0 atom stereocenters. The molecule has 16 heavy (non-hydrogen) atoms.